The van der Waals surface area contributed by atoms with Crippen LogP contribution >= 0.6 is 0 Å². The molecule has 0 radical (unpaired) electrons. The lowest BCUT2D eigenvalue weighted by molar-refractivity contribution is 0.101. The molecule has 1 aromatic heterocycles. The van der Waals surface area contributed by atoms with Gasteiger partial charge in [-0.1, -0.05) is 18.2 Å². The molecule has 0 saturated heterocycles. The van der Waals surface area contributed by atoms with Gasteiger partial charge < -0.3 is 4.42 Å². The molecule has 0 saturated carbocycles. The second-order valence-corrected chi connectivity index (χ2v) is 4.85. The van der Waals surface area contributed by atoms with E-state index in [0.29, 0.717) is 16.8 Å². The predicted octanol–water partition coefficient (Wildman–Crippen LogP) is 3.48. The van der Waals surface area contributed by atoms with Crippen molar-refractivity contribution in [3.63, 3.8) is 0 Å². The summed E-state index contributed by atoms with van der Waals surface area (Å²) in [6, 6.07) is 18.9. The summed E-state index contributed by atoms with van der Waals surface area (Å²) in [5.41, 5.74) is 3.98. The highest BCUT2D eigenvalue weighted by Gasteiger charge is 2.14. The van der Waals surface area contributed by atoms with Crippen LogP contribution in [0.3, 0.4) is 0 Å². The molecular formula is C18H10N4O2. The van der Waals surface area contributed by atoms with Gasteiger partial charge in [-0.2, -0.15) is 15.6 Å². The zero-order valence-corrected chi connectivity index (χ0v) is 12.4. The zero-order chi connectivity index (χ0) is 16.9. The summed E-state index contributed by atoms with van der Waals surface area (Å²) >= 11 is 0. The fourth-order valence-electron chi connectivity index (χ4n) is 2.13. The first-order chi connectivity index (χ1) is 11.7. The van der Waals surface area contributed by atoms with Crippen molar-refractivity contribution in [2.24, 2.45) is 5.10 Å². The van der Waals surface area contributed by atoms with E-state index in [9.17, 15) is 4.79 Å². The number of benzene rings is 2. The van der Waals surface area contributed by atoms with Gasteiger partial charge in [-0.15, -0.1) is 0 Å². The molecule has 114 valence electrons. The topological polar surface area (TPSA) is 102 Å². The normalized spacial score (nSPS) is 9.75. The van der Waals surface area contributed by atoms with E-state index in [1.54, 1.807) is 48.5 Å². The van der Waals surface area contributed by atoms with Crippen molar-refractivity contribution in [1.82, 2.24) is 0 Å². The molecule has 2 aromatic carbocycles. The summed E-state index contributed by atoms with van der Waals surface area (Å²) in [4.78, 5) is 12.5. The van der Waals surface area contributed by atoms with Gasteiger partial charge in [0, 0.05) is 10.9 Å². The number of furan rings is 1. The molecule has 0 amide bonds. The maximum absolute atomic E-state index is 12.5. The van der Waals surface area contributed by atoms with Crippen LogP contribution in [0.2, 0.25) is 0 Å². The second kappa shape index (κ2) is 6.47. The minimum absolute atomic E-state index is 0.226. The number of nitriles is 2. The van der Waals surface area contributed by atoms with E-state index < -0.39 is 0 Å². The lowest BCUT2D eigenvalue weighted by Gasteiger charge is -2.01. The fourth-order valence-corrected chi connectivity index (χ4v) is 2.13. The van der Waals surface area contributed by atoms with Gasteiger partial charge in [0.05, 0.1) is 5.69 Å². The van der Waals surface area contributed by atoms with Gasteiger partial charge in [-0.05, 0) is 36.4 Å². The van der Waals surface area contributed by atoms with Gasteiger partial charge in [0.2, 0.25) is 11.5 Å². The SMILES string of the molecule is N#CC(C#N)=NNc1ccc(C(=O)c2cc3ccccc3o2)cc1. The Hall–Kier alpha value is -3.90. The quantitative estimate of drug-likeness (QED) is 0.451. The lowest BCUT2D eigenvalue weighted by atomic mass is 10.1. The van der Waals surface area contributed by atoms with Crippen molar-refractivity contribution in [3.8, 4) is 12.1 Å². The second-order valence-electron chi connectivity index (χ2n) is 4.85. The minimum atomic E-state index is -0.280. The van der Waals surface area contributed by atoms with E-state index in [2.05, 4.69) is 10.5 Å². The maximum atomic E-state index is 12.5. The van der Waals surface area contributed by atoms with Crippen LogP contribution in [0, 0.1) is 22.7 Å². The third-order valence-electron chi connectivity index (χ3n) is 3.31. The van der Waals surface area contributed by atoms with Crippen LogP contribution in [0.25, 0.3) is 11.0 Å². The van der Waals surface area contributed by atoms with Crippen LogP contribution in [0.5, 0.6) is 0 Å². The number of rotatable bonds is 4. The summed E-state index contributed by atoms with van der Waals surface area (Å²) in [5, 5.41) is 21.7. The first kappa shape index (κ1) is 15.0. The van der Waals surface area contributed by atoms with Crippen LogP contribution in [0.15, 0.2) is 64.1 Å². The third-order valence-corrected chi connectivity index (χ3v) is 3.31. The largest absolute Gasteiger partial charge is 0.453 e. The Bertz CT molecular complexity index is 969. The van der Waals surface area contributed by atoms with Crippen molar-refractivity contribution in [2.45, 2.75) is 0 Å². The first-order valence-corrected chi connectivity index (χ1v) is 6.98. The van der Waals surface area contributed by atoms with Crippen molar-refractivity contribution >= 4 is 28.2 Å². The maximum Gasteiger partial charge on any atom is 0.237 e. The molecule has 1 N–H and O–H groups in total. The highest BCUT2D eigenvalue weighted by molar-refractivity contribution is 6.10. The van der Waals surface area contributed by atoms with Crippen LogP contribution in [-0.4, -0.2) is 11.5 Å². The van der Waals surface area contributed by atoms with Crippen molar-refractivity contribution in [3.05, 3.63) is 65.9 Å². The van der Waals surface area contributed by atoms with E-state index in [4.69, 9.17) is 14.9 Å². The number of fused-ring (bicyclic) bond motifs is 1. The summed E-state index contributed by atoms with van der Waals surface area (Å²) in [6.07, 6.45) is 0. The summed E-state index contributed by atoms with van der Waals surface area (Å²) < 4.78 is 5.56. The molecule has 0 atom stereocenters. The van der Waals surface area contributed by atoms with Crippen molar-refractivity contribution < 1.29 is 9.21 Å². The number of ketones is 1. The van der Waals surface area contributed by atoms with E-state index in [0.717, 1.165) is 5.39 Å². The molecule has 24 heavy (non-hydrogen) atoms. The number of hydrazone groups is 1. The molecule has 0 unspecified atom stereocenters. The number of para-hydroxylation sites is 1. The first-order valence-electron chi connectivity index (χ1n) is 6.98. The molecule has 3 rings (SSSR count). The molecule has 3 aromatic rings. The smallest absolute Gasteiger partial charge is 0.237 e. The number of nitrogens with zero attached hydrogens (tertiary/aromatic N) is 3. The third kappa shape index (κ3) is 2.99. The molecule has 0 spiro atoms. The highest BCUT2D eigenvalue weighted by atomic mass is 16.3. The van der Waals surface area contributed by atoms with Crippen molar-refractivity contribution in [1.29, 1.82) is 10.5 Å². The molecule has 6 nitrogen and oxygen atoms in total. The molecule has 0 aliphatic rings. The lowest BCUT2D eigenvalue weighted by Crippen LogP contribution is -2.00. The van der Waals surface area contributed by atoms with E-state index in [1.807, 2.05) is 18.2 Å². The Kier molecular flexibility index (Phi) is 4.05. The molecule has 0 aliphatic heterocycles. The molecule has 0 fully saturated rings. The van der Waals surface area contributed by atoms with E-state index in [1.165, 1.54) is 0 Å². The fraction of sp³-hybridized carbons (Fsp3) is 0. The van der Waals surface area contributed by atoms with Gasteiger partial charge in [0.25, 0.3) is 0 Å². The van der Waals surface area contributed by atoms with Crippen LogP contribution in [0.1, 0.15) is 16.1 Å². The number of carbonyl (C=O) groups excluding carboxylic acids is 1. The number of nitrogens with one attached hydrogen (secondary N) is 1. The number of carbonyl (C=O) groups is 1. The summed E-state index contributed by atoms with van der Waals surface area (Å²) in [6.45, 7) is 0. The average molecular weight is 314 g/mol. The monoisotopic (exact) mass is 314 g/mol. The van der Waals surface area contributed by atoms with Gasteiger partial charge >= 0.3 is 0 Å². The molecule has 6 heteroatoms. The molecule has 1 heterocycles. The van der Waals surface area contributed by atoms with Gasteiger partial charge in [0.1, 0.15) is 17.7 Å². The summed E-state index contributed by atoms with van der Waals surface area (Å²) in [5.74, 6) is 0.0437. The Labute approximate surface area is 137 Å². The Balaban J connectivity index is 1.80. The standard InChI is InChI=1S/C18H10N4O2/c19-10-15(11-20)22-21-14-7-5-12(6-8-14)18(23)17-9-13-3-1-2-4-16(13)24-17/h1-9,21H. The summed E-state index contributed by atoms with van der Waals surface area (Å²) in [7, 11) is 0. The average Bonchev–Trinajstić information content (AvgIpc) is 3.06. The number of hydrogen-bond donors (Lipinski definition) is 1. The Morgan fingerprint density at radius 3 is 2.42 bits per heavy atom. The zero-order valence-electron chi connectivity index (χ0n) is 12.4. The van der Waals surface area contributed by atoms with Gasteiger partial charge in [-0.25, -0.2) is 0 Å². The molecule has 0 bridgehead atoms. The van der Waals surface area contributed by atoms with E-state index in [-0.39, 0.29) is 17.3 Å². The minimum Gasteiger partial charge on any atom is -0.453 e. The molecule has 0 aliphatic carbocycles. The molecular weight excluding hydrogens is 304 g/mol. The Morgan fingerprint density at radius 2 is 1.75 bits per heavy atom. The number of hydrogen-bond acceptors (Lipinski definition) is 6. The van der Waals surface area contributed by atoms with Gasteiger partial charge in [-0.3, -0.25) is 10.2 Å². The van der Waals surface area contributed by atoms with Crippen molar-refractivity contribution in [2.75, 3.05) is 5.43 Å². The van der Waals surface area contributed by atoms with Gasteiger partial charge in [0.15, 0.2) is 5.76 Å². The predicted molar refractivity (Wildman–Crippen MR) is 88.4 cm³/mol. The van der Waals surface area contributed by atoms with Crippen LogP contribution in [-0.2, 0) is 0 Å². The van der Waals surface area contributed by atoms with Crippen LogP contribution in [0.4, 0.5) is 5.69 Å². The number of anilines is 1. The van der Waals surface area contributed by atoms with Crippen LogP contribution < -0.4 is 5.43 Å². The highest BCUT2D eigenvalue weighted by Crippen LogP contribution is 2.21. The van der Waals surface area contributed by atoms with E-state index >= 15 is 0 Å². The Morgan fingerprint density at radius 1 is 1.04 bits per heavy atom.